The number of aliphatic carboxylic acids is 1. The zero-order valence-electron chi connectivity index (χ0n) is 11.1. The Hall–Kier alpha value is -0.820. The van der Waals surface area contributed by atoms with Gasteiger partial charge >= 0.3 is 5.97 Å². The van der Waals surface area contributed by atoms with Crippen LogP contribution in [0.2, 0.25) is 10.0 Å². The molecule has 1 aliphatic carbocycles. The van der Waals surface area contributed by atoms with Crippen LogP contribution in [0.3, 0.4) is 0 Å². The minimum atomic E-state index is -3.91. The number of hydrogen-bond donors (Lipinski definition) is 2. The van der Waals surface area contributed by atoms with Gasteiger partial charge in [0.05, 0.1) is 10.9 Å². The summed E-state index contributed by atoms with van der Waals surface area (Å²) in [5, 5.41) is 9.49. The summed E-state index contributed by atoms with van der Waals surface area (Å²) in [6.45, 7) is 0. The van der Waals surface area contributed by atoms with Gasteiger partial charge in [-0.15, -0.1) is 0 Å². The van der Waals surface area contributed by atoms with E-state index in [1.807, 2.05) is 0 Å². The first kappa shape index (κ1) is 16.5. The van der Waals surface area contributed by atoms with Gasteiger partial charge in [-0.25, -0.2) is 13.1 Å². The molecule has 2 N–H and O–H groups in total. The maximum atomic E-state index is 12.4. The van der Waals surface area contributed by atoms with Crippen molar-refractivity contribution in [3.8, 4) is 0 Å². The van der Waals surface area contributed by atoms with E-state index in [0.29, 0.717) is 12.8 Å². The van der Waals surface area contributed by atoms with Crippen molar-refractivity contribution in [3.63, 3.8) is 0 Å². The highest BCUT2D eigenvalue weighted by Crippen LogP contribution is 2.29. The molecule has 1 aromatic carbocycles. The topological polar surface area (TPSA) is 83.5 Å². The largest absolute Gasteiger partial charge is 0.481 e. The Kier molecular flexibility index (Phi) is 5.14. The van der Waals surface area contributed by atoms with Crippen molar-refractivity contribution in [2.75, 3.05) is 0 Å². The van der Waals surface area contributed by atoms with Gasteiger partial charge in [-0.2, -0.15) is 0 Å². The van der Waals surface area contributed by atoms with Crippen molar-refractivity contribution in [1.82, 2.24) is 4.72 Å². The molecule has 21 heavy (non-hydrogen) atoms. The fourth-order valence-corrected chi connectivity index (χ4v) is 4.59. The lowest BCUT2D eigenvalue weighted by Gasteiger charge is -2.29. The summed E-state index contributed by atoms with van der Waals surface area (Å²) in [4.78, 5) is 11.1. The molecule has 0 spiro atoms. The lowest BCUT2D eigenvalue weighted by atomic mass is 9.85. The molecule has 0 heterocycles. The molecule has 0 saturated heterocycles. The van der Waals surface area contributed by atoms with E-state index in [1.165, 1.54) is 18.2 Å². The summed E-state index contributed by atoms with van der Waals surface area (Å²) < 4.78 is 27.2. The summed E-state index contributed by atoms with van der Waals surface area (Å²) in [5.41, 5.74) is 0. The highest BCUT2D eigenvalue weighted by atomic mass is 35.5. The first-order chi connectivity index (χ1) is 9.81. The van der Waals surface area contributed by atoms with Crippen molar-refractivity contribution < 1.29 is 18.3 Å². The van der Waals surface area contributed by atoms with Gasteiger partial charge in [0.2, 0.25) is 10.0 Å². The number of nitrogens with one attached hydrogen (secondary N) is 1. The Labute approximate surface area is 133 Å². The fourth-order valence-electron chi connectivity index (χ4n) is 2.51. The monoisotopic (exact) mass is 351 g/mol. The van der Waals surface area contributed by atoms with Gasteiger partial charge in [-0.1, -0.05) is 36.0 Å². The zero-order chi connectivity index (χ0) is 15.6. The van der Waals surface area contributed by atoms with Crippen LogP contribution in [0, 0.1) is 5.92 Å². The fraction of sp³-hybridized carbons (Fsp3) is 0.462. The van der Waals surface area contributed by atoms with E-state index in [4.69, 9.17) is 23.2 Å². The number of sulfonamides is 1. The first-order valence-electron chi connectivity index (χ1n) is 6.51. The van der Waals surface area contributed by atoms with Crippen LogP contribution in [-0.4, -0.2) is 25.5 Å². The maximum absolute atomic E-state index is 12.4. The summed E-state index contributed by atoms with van der Waals surface area (Å²) in [6, 6.07) is 3.51. The average Bonchev–Trinajstić information content (AvgIpc) is 2.41. The molecule has 8 heteroatoms. The van der Waals surface area contributed by atoms with Crippen molar-refractivity contribution >= 4 is 39.2 Å². The molecule has 2 atom stereocenters. The van der Waals surface area contributed by atoms with E-state index in [-0.39, 0.29) is 14.9 Å². The summed E-state index contributed by atoms with van der Waals surface area (Å²) >= 11 is 11.7. The van der Waals surface area contributed by atoms with Gasteiger partial charge in [-0.05, 0) is 31.0 Å². The SMILES string of the molecule is O=C(O)C1CCCCC1NS(=O)(=O)c1cc(Cl)ccc1Cl. The molecule has 2 unspecified atom stereocenters. The number of rotatable bonds is 4. The van der Waals surface area contributed by atoms with E-state index >= 15 is 0 Å². The van der Waals surface area contributed by atoms with E-state index < -0.39 is 28.0 Å². The summed E-state index contributed by atoms with van der Waals surface area (Å²) in [6.07, 6.45) is 2.54. The third-order valence-electron chi connectivity index (χ3n) is 3.57. The molecule has 0 aliphatic heterocycles. The second-order valence-electron chi connectivity index (χ2n) is 5.03. The van der Waals surface area contributed by atoms with Crippen molar-refractivity contribution in [2.24, 2.45) is 5.92 Å². The van der Waals surface area contributed by atoms with Crippen LogP contribution in [0.5, 0.6) is 0 Å². The molecule has 0 radical (unpaired) electrons. The van der Waals surface area contributed by atoms with Gasteiger partial charge in [0.15, 0.2) is 0 Å². The van der Waals surface area contributed by atoms with Crippen LogP contribution in [0.4, 0.5) is 0 Å². The smallest absolute Gasteiger partial charge is 0.308 e. The number of benzene rings is 1. The van der Waals surface area contributed by atoms with E-state index in [2.05, 4.69) is 4.72 Å². The predicted octanol–water partition coefficient (Wildman–Crippen LogP) is 2.92. The van der Waals surface area contributed by atoms with E-state index in [1.54, 1.807) is 0 Å². The van der Waals surface area contributed by atoms with Crippen LogP contribution in [0.1, 0.15) is 25.7 Å². The van der Waals surface area contributed by atoms with Gasteiger partial charge in [0, 0.05) is 11.1 Å². The Morgan fingerprint density at radius 2 is 1.90 bits per heavy atom. The Bertz CT molecular complexity index is 648. The average molecular weight is 352 g/mol. The Morgan fingerprint density at radius 3 is 2.57 bits per heavy atom. The van der Waals surface area contributed by atoms with E-state index in [9.17, 15) is 18.3 Å². The van der Waals surface area contributed by atoms with Crippen molar-refractivity contribution in [3.05, 3.63) is 28.2 Å². The summed E-state index contributed by atoms with van der Waals surface area (Å²) in [7, 11) is -3.91. The highest BCUT2D eigenvalue weighted by molar-refractivity contribution is 7.89. The lowest BCUT2D eigenvalue weighted by Crippen LogP contribution is -2.45. The number of hydrogen-bond acceptors (Lipinski definition) is 3. The second kappa shape index (κ2) is 6.52. The molecule has 1 fully saturated rings. The summed E-state index contributed by atoms with van der Waals surface area (Å²) in [5.74, 6) is -1.70. The second-order valence-corrected chi connectivity index (χ2v) is 7.56. The molecule has 0 amide bonds. The van der Waals surface area contributed by atoms with Gasteiger partial charge in [0.25, 0.3) is 0 Å². The molecule has 2 rings (SSSR count). The highest BCUT2D eigenvalue weighted by Gasteiger charge is 2.34. The molecule has 0 aromatic heterocycles. The van der Waals surface area contributed by atoms with Gasteiger partial charge in [-0.3, -0.25) is 4.79 Å². The minimum absolute atomic E-state index is 0.0505. The third kappa shape index (κ3) is 3.88. The van der Waals surface area contributed by atoms with Crippen LogP contribution in [0.15, 0.2) is 23.1 Å². The Balaban J connectivity index is 2.27. The molecule has 5 nitrogen and oxygen atoms in total. The zero-order valence-corrected chi connectivity index (χ0v) is 13.4. The van der Waals surface area contributed by atoms with Crippen molar-refractivity contribution in [2.45, 2.75) is 36.6 Å². The van der Waals surface area contributed by atoms with Crippen LogP contribution in [0.25, 0.3) is 0 Å². The first-order valence-corrected chi connectivity index (χ1v) is 8.75. The number of carboxylic acid groups (broad SMARTS) is 1. The van der Waals surface area contributed by atoms with E-state index in [0.717, 1.165) is 12.8 Å². The number of carboxylic acids is 1. The van der Waals surface area contributed by atoms with Crippen LogP contribution in [-0.2, 0) is 14.8 Å². The maximum Gasteiger partial charge on any atom is 0.308 e. The molecule has 1 saturated carbocycles. The Morgan fingerprint density at radius 1 is 1.24 bits per heavy atom. The predicted molar refractivity (Wildman–Crippen MR) is 80.2 cm³/mol. The number of carbonyl (C=O) groups is 1. The normalized spacial score (nSPS) is 23.0. The molecule has 0 bridgehead atoms. The molecular formula is C13H15Cl2NO4S. The van der Waals surface area contributed by atoms with Crippen molar-refractivity contribution in [1.29, 1.82) is 0 Å². The molecular weight excluding hydrogens is 337 g/mol. The third-order valence-corrected chi connectivity index (χ3v) is 5.78. The lowest BCUT2D eigenvalue weighted by molar-refractivity contribution is -0.143. The quantitative estimate of drug-likeness (QED) is 0.873. The molecule has 116 valence electrons. The molecule has 1 aromatic rings. The van der Waals surface area contributed by atoms with Crippen LogP contribution >= 0.6 is 23.2 Å². The van der Waals surface area contributed by atoms with Gasteiger partial charge in [0.1, 0.15) is 4.90 Å². The standard InChI is InChI=1S/C13H15Cl2NO4S/c14-8-5-6-10(15)12(7-8)21(19,20)16-11-4-2-1-3-9(11)13(17)18/h5-7,9,11,16H,1-4H2,(H,17,18). The number of halogens is 2. The minimum Gasteiger partial charge on any atom is -0.481 e. The van der Waals surface area contributed by atoms with Crippen LogP contribution < -0.4 is 4.72 Å². The van der Waals surface area contributed by atoms with Gasteiger partial charge < -0.3 is 5.11 Å². The molecule has 1 aliphatic rings.